The number of carbonyl (C=O) groups excluding carboxylic acids is 1. The average molecular weight is 439 g/mol. The Morgan fingerprint density at radius 3 is 2.39 bits per heavy atom. The number of nitrogens with one attached hydrogen (secondary N) is 2. The molecule has 160 valence electrons. The summed E-state index contributed by atoms with van der Waals surface area (Å²) in [4.78, 5) is 23.1. The highest BCUT2D eigenvalue weighted by Crippen LogP contribution is 2.24. The number of carbonyl (C=O) groups is 1. The van der Waals surface area contributed by atoms with Crippen LogP contribution in [0.15, 0.2) is 72.0 Å². The van der Waals surface area contributed by atoms with Crippen molar-refractivity contribution < 1.29 is 17.9 Å². The summed E-state index contributed by atoms with van der Waals surface area (Å²) in [7, 11) is -3.77. The van der Waals surface area contributed by atoms with Crippen LogP contribution < -0.4 is 14.9 Å². The van der Waals surface area contributed by atoms with Gasteiger partial charge in [-0.1, -0.05) is 0 Å². The summed E-state index contributed by atoms with van der Waals surface area (Å²) in [5.74, 6) is 0.327. The van der Waals surface area contributed by atoms with Crippen LogP contribution >= 0.6 is 0 Å². The predicted molar refractivity (Wildman–Crippen MR) is 117 cm³/mol. The monoisotopic (exact) mass is 439 g/mol. The minimum absolute atomic E-state index is 0.0521. The first-order chi connectivity index (χ1) is 15.0. The van der Waals surface area contributed by atoms with Crippen LogP contribution in [0.1, 0.15) is 10.4 Å². The zero-order chi connectivity index (χ0) is 21.7. The molecule has 9 nitrogen and oxygen atoms in total. The van der Waals surface area contributed by atoms with Crippen molar-refractivity contribution in [3.8, 4) is 0 Å². The fraction of sp³-hybridized carbons (Fsp3) is 0.190. The fourth-order valence-corrected chi connectivity index (χ4v) is 4.19. The topological polar surface area (TPSA) is 114 Å². The lowest BCUT2D eigenvalue weighted by Gasteiger charge is -2.29. The van der Waals surface area contributed by atoms with E-state index in [0.29, 0.717) is 49.1 Å². The first-order valence-electron chi connectivity index (χ1n) is 9.65. The molecule has 1 amide bonds. The van der Waals surface area contributed by atoms with E-state index in [0.717, 1.165) is 0 Å². The summed E-state index contributed by atoms with van der Waals surface area (Å²) in [6.45, 7) is 2.59. The van der Waals surface area contributed by atoms with E-state index >= 15 is 0 Å². The molecule has 0 atom stereocenters. The summed E-state index contributed by atoms with van der Waals surface area (Å²) < 4.78 is 32.9. The second kappa shape index (κ2) is 9.11. The zero-order valence-electron chi connectivity index (χ0n) is 16.6. The Morgan fingerprint density at radius 2 is 1.68 bits per heavy atom. The molecule has 3 heterocycles. The van der Waals surface area contributed by atoms with Gasteiger partial charge in [0.1, 0.15) is 0 Å². The lowest BCUT2D eigenvalue weighted by molar-refractivity contribution is 0.102. The van der Waals surface area contributed by atoms with Crippen LogP contribution in [0.4, 0.5) is 17.2 Å². The van der Waals surface area contributed by atoms with Crippen molar-refractivity contribution in [3.63, 3.8) is 0 Å². The molecule has 3 aromatic rings. The van der Waals surface area contributed by atoms with Crippen molar-refractivity contribution in [2.75, 3.05) is 41.2 Å². The molecule has 1 aromatic carbocycles. The van der Waals surface area contributed by atoms with Gasteiger partial charge in [-0.2, -0.15) is 0 Å². The van der Waals surface area contributed by atoms with E-state index in [4.69, 9.17) is 4.74 Å². The Balaban J connectivity index is 1.48. The van der Waals surface area contributed by atoms with Crippen LogP contribution in [0.5, 0.6) is 0 Å². The van der Waals surface area contributed by atoms with Gasteiger partial charge >= 0.3 is 0 Å². The van der Waals surface area contributed by atoms with E-state index in [9.17, 15) is 13.2 Å². The fourth-order valence-electron chi connectivity index (χ4n) is 3.14. The van der Waals surface area contributed by atoms with Crippen LogP contribution in [0, 0.1) is 0 Å². The third-order valence-electron chi connectivity index (χ3n) is 4.70. The minimum atomic E-state index is -3.77. The Morgan fingerprint density at radius 1 is 0.968 bits per heavy atom. The standard InChI is InChI=1S/C21H21N5O4S/c27-21(24-19-2-1-9-23-20(19)26-12-14-30-15-13-26)16-3-5-18(6-4-16)31(28,29)25-17-7-10-22-11-8-17/h1-11H,12-15H2,(H,22,25)(H,24,27). The van der Waals surface area contributed by atoms with Crippen LogP contribution in [-0.4, -0.2) is 50.6 Å². The number of hydrogen-bond donors (Lipinski definition) is 2. The highest BCUT2D eigenvalue weighted by molar-refractivity contribution is 7.92. The maximum atomic E-state index is 12.7. The van der Waals surface area contributed by atoms with Crippen LogP contribution in [0.2, 0.25) is 0 Å². The lowest BCUT2D eigenvalue weighted by Crippen LogP contribution is -2.37. The van der Waals surface area contributed by atoms with Gasteiger partial charge in [0.2, 0.25) is 0 Å². The van der Waals surface area contributed by atoms with E-state index in [1.54, 1.807) is 30.5 Å². The summed E-state index contributed by atoms with van der Waals surface area (Å²) in [6, 6.07) is 12.4. The van der Waals surface area contributed by atoms with Gasteiger partial charge in [-0.3, -0.25) is 14.5 Å². The average Bonchev–Trinajstić information content (AvgIpc) is 2.80. The van der Waals surface area contributed by atoms with Gasteiger partial charge in [0, 0.05) is 37.2 Å². The molecule has 0 aliphatic carbocycles. The van der Waals surface area contributed by atoms with Crippen molar-refractivity contribution in [2.24, 2.45) is 0 Å². The Labute approximate surface area is 180 Å². The van der Waals surface area contributed by atoms with Crippen LogP contribution in [0.3, 0.4) is 0 Å². The number of rotatable bonds is 6. The molecule has 2 N–H and O–H groups in total. The van der Waals surface area contributed by atoms with Gasteiger partial charge in [-0.15, -0.1) is 0 Å². The van der Waals surface area contributed by atoms with Crippen molar-refractivity contribution in [2.45, 2.75) is 4.90 Å². The Hall–Kier alpha value is -3.50. The third kappa shape index (κ3) is 4.98. The van der Waals surface area contributed by atoms with E-state index < -0.39 is 10.0 Å². The predicted octanol–water partition coefficient (Wildman–Crippen LogP) is 2.37. The normalized spacial score (nSPS) is 14.1. The number of sulfonamides is 1. The molecular formula is C21H21N5O4S. The number of ether oxygens (including phenoxy) is 1. The maximum absolute atomic E-state index is 12.7. The largest absolute Gasteiger partial charge is 0.378 e. The molecular weight excluding hydrogens is 418 g/mol. The summed E-state index contributed by atoms with van der Waals surface area (Å²) in [5, 5.41) is 2.87. The lowest BCUT2D eigenvalue weighted by atomic mass is 10.2. The zero-order valence-corrected chi connectivity index (χ0v) is 17.4. The molecule has 2 aromatic heterocycles. The molecule has 0 spiro atoms. The van der Waals surface area contributed by atoms with Crippen molar-refractivity contribution >= 4 is 33.1 Å². The summed E-state index contributed by atoms with van der Waals surface area (Å²) >= 11 is 0. The highest BCUT2D eigenvalue weighted by Gasteiger charge is 2.19. The van der Waals surface area contributed by atoms with Gasteiger partial charge in [0.25, 0.3) is 15.9 Å². The van der Waals surface area contributed by atoms with E-state index in [2.05, 4.69) is 24.9 Å². The Kier molecular flexibility index (Phi) is 6.10. The molecule has 1 aliphatic rings. The van der Waals surface area contributed by atoms with Gasteiger partial charge in [-0.05, 0) is 48.5 Å². The van der Waals surface area contributed by atoms with Crippen molar-refractivity contribution in [1.82, 2.24) is 9.97 Å². The molecule has 0 bridgehead atoms. The van der Waals surface area contributed by atoms with E-state index in [1.165, 1.54) is 36.7 Å². The second-order valence-corrected chi connectivity index (χ2v) is 8.48. The number of morpholine rings is 1. The molecule has 1 fully saturated rings. The first-order valence-corrected chi connectivity index (χ1v) is 11.1. The van der Waals surface area contributed by atoms with Crippen LogP contribution in [0.25, 0.3) is 0 Å². The number of benzene rings is 1. The SMILES string of the molecule is O=C(Nc1cccnc1N1CCOCC1)c1ccc(S(=O)(=O)Nc2ccncc2)cc1. The first kappa shape index (κ1) is 20.8. The van der Waals surface area contributed by atoms with Gasteiger partial charge < -0.3 is 15.0 Å². The van der Waals surface area contributed by atoms with Crippen LogP contribution in [-0.2, 0) is 14.8 Å². The molecule has 4 rings (SSSR count). The number of pyridine rings is 2. The number of amides is 1. The molecule has 0 unspecified atom stereocenters. The number of nitrogens with zero attached hydrogens (tertiary/aromatic N) is 3. The summed E-state index contributed by atoms with van der Waals surface area (Å²) in [5.41, 5.74) is 1.33. The highest BCUT2D eigenvalue weighted by atomic mass is 32.2. The molecule has 31 heavy (non-hydrogen) atoms. The van der Waals surface area contributed by atoms with E-state index in [1.807, 2.05) is 0 Å². The summed E-state index contributed by atoms with van der Waals surface area (Å²) in [6.07, 6.45) is 4.67. The van der Waals surface area contributed by atoms with Gasteiger partial charge in [-0.25, -0.2) is 13.4 Å². The van der Waals surface area contributed by atoms with E-state index in [-0.39, 0.29) is 10.8 Å². The second-order valence-electron chi connectivity index (χ2n) is 6.79. The Bertz CT molecular complexity index is 1150. The van der Waals surface area contributed by atoms with Crippen molar-refractivity contribution in [1.29, 1.82) is 0 Å². The molecule has 10 heteroatoms. The molecule has 0 saturated carbocycles. The number of anilines is 3. The van der Waals surface area contributed by atoms with Gasteiger partial charge in [0.15, 0.2) is 5.82 Å². The molecule has 0 radical (unpaired) electrons. The number of aromatic nitrogens is 2. The maximum Gasteiger partial charge on any atom is 0.261 e. The minimum Gasteiger partial charge on any atom is -0.378 e. The smallest absolute Gasteiger partial charge is 0.261 e. The molecule has 1 aliphatic heterocycles. The van der Waals surface area contributed by atoms with Gasteiger partial charge in [0.05, 0.1) is 29.5 Å². The quantitative estimate of drug-likeness (QED) is 0.606. The molecule has 1 saturated heterocycles. The number of hydrogen-bond acceptors (Lipinski definition) is 7. The van der Waals surface area contributed by atoms with Crippen molar-refractivity contribution in [3.05, 3.63) is 72.7 Å². The third-order valence-corrected chi connectivity index (χ3v) is 6.10.